The molecule has 0 aromatic rings. The molecule has 226 valence electrons. The molecule has 0 aliphatic carbocycles. The first-order chi connectivity index (χ1) is 17.9. The first-order valence-electron chi connectivity index (χ1n) is 14.4. The van der Waals surface area contributed by atoms with Crippen LogP contribution in [-0.2, 0) is 19.2 Å². The van der Waals surface area contributed by atoms with Crippen LogP contribution in [0.3, 0.4) is 0 Å². The zero-order valence-electron chi connectivity index (χ0n) is 26.4. The van der Waals surface area contributed by atoms with Crippen LogP contribution in [0, 0.1) is 17.3 Å². The molecule has 2 aliphatic heterocycles. The third kappa shape index (κ3) is 6.15. The second kappa shape index (κ2) is 11.0. The number of amides is 2. The highest BCUT2D eigenvalue weighted by atomic mass is 16.4. The van der Waals surface area contributed by atoms with Gasteiger partial charge in [0.1, 0.15) is 0 Å². The predicted molar refractivity (Wildman–Crippen MR) is 157 cm³/mol. The fourth-order valence-corrected chi connectivity index (χ4v) is 8.50. The van der Waals surface area contributed by atoms with Crippen molar-refractivity contribution < 1.29 is 29.4 Å². The van der Waals surface area contributed by atoms with Crippen LogP contribution in [0.25, 0.3) is 0 Å². The van der Waals surface area contributed by atoms with E-state index in [4.69, 9.17) is 0 Å². The van der Waals surface area contributed by atoms with Crippen LogP contribution >= 0.6 is 0 Å². The highest BCUT2D eigenvalue weighted by Gasteiger charge is 2.62. The van der Waals surface area contributed by atoms with Crippen LogP contribution in [0.4, 0.5) is 0 Å². The van der Waals surface area contributed by atoms with E-state index in [0.29, 0.717) is 36.8 Å². The van der Waals surface area contributed by atoms with Crippen molar-refractivity contribution in [1.82, 2.24) is 9.80 Å². The van der Waals surface area contributed by atoms with Gasteiger partial charge in [0, 0.05) is 39.7 Å². The van der Waals surface area contributed by atoms with E-state index in [-0.39, 0.29) is 42.9 Å². The summed E-state index contributed by atoms with van der Waals surface area (Å²) in [7, 11) is 0. The van der Waals surface area contributed by atoms with Crippen molar-refractivity contribution in [3.05, 3.63) is 24.3 Å². The second-order valence-corrected chi connectivity index (χ2v) is 14.9. The zero-order chi connectivity index (χ0) is 31.2. The number of hydrogen-bond acceptors (Lipinski definition) is 4. The maximum atomic E-state index is 13.7. The Labute approximate surface area is 240 Å². The summed E-state index contributed by atoms with van der Waals surface area (Å²) in [4.78, 5) is 55.5. The van der Waals surface area contributed by atoms with Gasteiger partial charge in [0.15, 0.2) is 0 Å². The molecule has 2 saturated heterocycles. The van der Waals surface area contributed by atoms with Gasteiger partial charge in [0.2, 0.25) is 11.8 Å². The van der Waals surface area contributed by atoms with E-state index in [1.165, 1.54) is 0 Å². The van der Waals surface area contributed by atoms with Crippen molar-refractivity contribution in [2.24, 2.45) is 17.3 Å². The second-order valence-electron chi connectivity index (χ2n) is 14.9. The summed E-state index contributed by atoms with van der Waals surface area (Å²) >= 11 is 0. The molecule has 8 heteroatoms. The van der Waals surface area contributed by atoms with Crippen molar-refractivity contribution >= 4 is 23.8 Å². The molecule has 0 atom stereocenters. The Bertz CT molecular complexity index is 981. The number of carboxylic acids is 2. The van der Waals surface area contributed by atoms with Crippen molar-refractivity contribution in [3.63, 3.8) is 0 Å². The lowest BCUT2D eigenvalue weighted by Crippen LogP contribution is -2.68. The minimum atomic E-state index is -1.24. The largest absolute Gasteiger partial charge is 0.481 e. The molecule has 0 aromatic heterocycles. The summed E-state index contributed by atoms with van der Waals surface area (Å²) in [5.74, 6) is -2.81. The first kappa shape index (κ1) is 33.6. The summed E-state index contributed by atoms with van der Waals surface area (Å²) in [6.07, 6.45) is 2.17. The standard InChI is InChI=1S/C32H52N2O6/c1-20(2)25(37)33-28(5,6)16-22(17-29(33,7)8)32(27(39)40,15-13-14-24(35)36)23-18-30(9,10)34(26(38)21(3)4)31(11,12)19-23/h22-23H,1,3,13-19H2,2,4-12H3,(H,35,36)(H,39,40). The summed E-state index contributed by atoms with van der Waals surface area (Å²) in [5.41, 5.74) is -2.99. The Morgan fingerprint density at radius 3 is 1.23 bits per heavy atom. The van der Waals surface area contributed by atoms with Gasteiger partial charge in [-0.2, -0.15) is 0 Å². The number of carboxylic acid groups (broad SMARTS) is 2. The topological polar surface area (TPSA) is 115 Å². The van der Waals surface area contributed by atoms with Gasteiger partial charge in [0.25, 0.3) is 0 Å². The number of piperidine rings is 2. The highest BCUT2D eigenvalue weighted by molar-refractivity contribution is 5.94. The lowest BCUT2D eigenvalue weighted by Gasteiger charge is -2.62. The van der Waals surface area contributed by atoms with Gasteiger partial charge in [-0.15, -0.1) is 0 Å². The molecule has 2 fully saturated rings. The Balaban J connectivity index is 2.72. The molecular weight excluding hydrogens is 508 g/mol. The number of aliphatic carboxylic acids is 2. The van der Waals surface area contributed by atoms with Crippen molar-refractivity contribution in [2.75, 3.05) is 0 Å². The zero-order valence-corrected chi connectivity index (χ0v) is 26.4. The summed E-state index contributed by atoms with van der Waals surface area (Å²) < 4.78 is 0. The molecule has 0 saturated carbocycles. The molecule has 40 heavy (non-hydrogen) atoms. The minimum absolute atomic E-state index is 0.116. The monoisotopic (exact) mass is 560 g/mol. The summed E-state index contributed by atoms with van der Waals surface area (Å²) in [6.45, 7) is 27.0. The smallest absolute Gasteiger partial charge is 0.310 e. The van der Waals surface area contributed by atoms with E-state index in [0.717, 1.165) is 0 Å². The maximum absolute atomic E-state index is 13.7. The van der Waals surface area contributed by atoms with Gasteiger partial charge < -0.3 is 20.0 Å². The Kier molecular flexibility index (Phi) is 9.21. The average molecular weight is 561 g/mol. The van der Waals surface area contributed by atoms with Gasteiger partial charge in [0.05, 0.1) is 5.41 Å². The molecule has 2 heterocycles. The number of carbonyl (C=O) groups excluding carboxylic acids is 2. The lowest BCUT2D eigenvalue weighted by molar-refractivity contribution is -0.182. The van der Waals surface area contributed by atoms with Crippen LogP contribution in [0.1, 0.15) is 114 Å². The van der Waals surface area contributed by atoms with Crippen LogP contribution in [0.15, 0.2) is 24.3 Å². The van der Waals surface area contributed by atoms with Gasteiger partial charge >= 0.3 is 11.9 Å². The number of carbonyl (C=O) groups is 4. The van der Waals surface area contributed by atoms with E-state index >= 15 is 0 Å². The van der Waals surface area contributed by atoms with Crippen LogP contribution in [0.5, 0.6) is 0 Å². The predicted octanol–water partition coefficient (Wildman–Crippen LogP) is 6.06. The maximum Gasteiger partial charge on any atom is 0.310 e. The molecule has 2 rings (SSSR count). The Morgan fingerprint density at radius 2 is 1.00 bits per heavy atom. The molecule has 0 bridgehead atoms. The SMILES string of the molecule is C=C(C)C(=O)N1C(C)(C)CC(C(CCCC(=O)O)(C(=O)O)C2CC(C)(C)N(C(=O)C(=C)C)C(C)(C)C2)CC1(C)C. The molecule has 0 aromatic carbocycles. The minimum Gasteiger partial charge on any atom is -0.481 e. The van der Waals surface area contributed by atoms with Gasteiger partial charge in [-0.25, -0.2) is 0 Å². The van der Waals surface area contributed by atoms with Crippen LogP contribution in [-0.4, -0.2) is 65.9 Å². The van der Waals surface area contributed by atoms with Crippen molar-refractivity contribution in [3.8, 4) is 0 Å². The molecule has 0 spiro atoms. The molecule has 2 aliphatic rings. The van der Waals surface area contributed by atoms with Gasteiger partial charge in [-0.05, 0) is 120 Å². The number of rotatable bonds is 9. The molecule has 2 amide bonds. The first-order valence-corrected chi connectivity index (χ1v) is 14.4. The van der Waals surface area contributed by atoms with E-state index < -0.39 is 39.5 Å². The number of nitrogens with zero attached hydrogens (tertiary/aromatic N) is 2. The Morgan fingerprint density at radius 1 is 0.700 bits per heavy atom. The van der Waals surface area contributed by atoms with E-state index in [2.05, 4.69) is 13.2 Å². The quantitative estimate of drug-likeness (QED) is 0.332. The summed E-state index contributed by atoms with van der Waals surface area (Å²) in [6, 6.07) is 0. The van der Waals surface area contributed by atoms with E-state index in [1.807, 2.05) is 65.2 Å². The number of likely N-dealkylation sites (tertiary alicyclic amines) is 2. The lowest BCUT2D eigenvalue weighted by atomic mass is 9.52. The average Bonchev–Trinajstić information content (AvgIpc) is 2.72. The van der Waals surface area contributed by atoms with E-state index in [1.54, 1.807) is 13.8 Å². The Hall–Kier alpha value is -2.64. The van der Waals surface area contributed by atoms with Crippen LogP contribution in [0.2, 0.25) is 0 Å². The molecule has 8 nitrogen and oxygen atoms in total. The molecule has 0 unspecified atom stereocenters. The molecule has 2 N–H and O–H groups in total. The van der Waals surface area contributed by atoms with Crippen molar-refractivity contribution in [2.45, 2.75) is 136 Å². The molecular formula is C32H52N2O6. The van der Waals surface area contributed by atoms with Crippen molar-refractivity contribution in [1.29, 1.82) is 0 Å². The third-order valence-corrected chi connectivity index (χ3v) is 9.38. The summed E-state index contributed by atoms with van der Waals surface area (Å²) in [5, 5.41) is 20.6. The van der Waals surface area contributed by atoms with E-state index in [9.17, 15) is 29.4 Å². The fourth-order valence-electron chi connectivity index (χ4n) is 8.50. The molecule has 0 radical (unpaired) electrons. The normalized spacial score (nSPS) is 22.4. The third-order valence-electron chi connectivity index (χ3n) is 9.38. The highest BCUT2D eigenvalue weighted by Crippen LogP contribution is 2.58. The fraction of sp³-hybridized carbons (Fsp3) is 0.750. The van der Waals surface area contributed by atoms with Gasteiger partial charge in [-0.3, -0.25) is 19.2 Å². The number of hydrogen-bond donors (Lipinski definition) is 2. The van der Waals surface area contributed by atoms with Crippen LogP contribution < -0.4 is 0 Å². The van der Waals surface area contributed by atoms with Gasteiger partial charge in [-0.1, -0.05) is 13.2 Å².